The third-order valence-corrected chi connectivity index (χ3v) is 11.2. The Hall–Kier alpha value is -4.76. The minimum absolute atomic E-state index is 0.0257. The van der Waals surface area contributed by atoms with E-state index in [0.29, 0.717) is 22.6 Å². The first kappa shape index (κ1) is 51.4. The zero-order chi connectivity index (χ0) is 45.6. The van der Waals surface area contributed by atoms with Gasteiger partial charge in [0.2, 0.25) is 23.6 Å². The van der Waals surface area contributed by atoms with Crippen molar-refractivity contribution in [3.63, 3.8) is 0 Å². The highest BCUT2D eigenvalue weighted by Gasteiger charge is 2.36. The summed E-state index contributed by atoms with van der Waals surface area (Å²) in [4.78, 5) is 98.1. The van der Waals surface area contributed by atoms with Crippen LogP contribution in [-0.2, 0) is 49.5 Å². The van der Waals surface area contributed by atoms with E-state index in [1.165, 1.54) is 45.8 Å². The van der Waals surface area contributed by atoms with Crippen molar-refractivity contribution in [1.82, 2.24) is 25.8 Å². The van der Waals surface area contributed by atoms with E-state index in [1.54, 1.807) is 58.0 Å². The van der Waals surface area contributed by atoms with Crippen LogP contribution in [0, 0.1) is 17.8 Å². The van der Waals surface area contributed by atoms with E-state index in [0.717, 1.165) is 4.90 Å². The molecule has 0 fully saturated rings. The number of amides is 5. The molecule has 0 unspecified atom stereocenters. The molecule has 0 spiro atoms. The fraction of sp³-hybridized carbons (Fsp3) is 0.614. The van der Waals surface area contributed by atoms with Crippen molar-refractivity contribution >= 4 is 53.1 Å². The third kappa shape index (κ3) is 15.1. The van der Waals surface area contributed by atoms with Crippen LogP contribution in [0.5, 0.6) is 0 Å². The Morgan fingerprint density at radius 3 is 2.08 bits per heavy atom. The molecule has 1 aromatic carbocycles. The van der Waals surface area contributed by atoms with Crippen LogP contribution in [0.4, 0.5) is 0 Å². The Kier molecular flexibility index (Phi) is 20.4. The number of cyclic esters (lactones) is 2. The molecule has 1 aromatic rings. The number of aliphatic hydroxyl groups excluding tert-OH is 1. The molecular formula is C44H66ClN5O10. The molecule has 1 aliphatic heterocycles. The molecule has 9 atom stereocenters. The average molecular weight is 860 g/mol. The maximum Gasteiger partial charge on any atom is 0.334 e. The number of hydrogen-bond donors (Lipinski definition) is 4. The second-order valence-electron chi connectivity index (χ2n) is 16.3. The van der Waals surface area contributed by atoms with Crippen molar-refractivity contribution in [1.29, 1.82) is 0 Å². The predicted octanol–water partition coefficient (Wildman–Crippen LogP) is 3.89. The van der Waals surface area contributed by atoms with E-state index in [-0.39, 0.29) is 36.7 Å². The molecule has 5 amide bonds. The van der Waals surface area contributed by atoms with Gasteiger partial charge in [-0.1, -0.05) is 76.9 Å². The summed E-state index contributed by atoms with van der Waals surface area (Å²) in [5, 5.41) is 19.7. The van der Waals surface area contributed by atoms with Gasteiger partial charge in [-0.2, -0.15) is 0 Å². The molecule has 0 aliphatic carbocycles. The number of esters is 2. The zero-order valence-electron chi connectivity index (χ0n) is 37.2. The Morgan fingerprint density at radius 2 is 1.52 bits per heavy atom. The molecular weight excluding hydrogens is 794 g/mol. The van der Waals surface area contributed by atoms with Crippen molar-refractivity contribution in [3.05, 3.63) is 58.1 Å². The van der Waals surface area contributed by atoms with Crippen LogP contribution in [0.1, 0.15) is 94.1 Å². The number of hydrogen-bond acceptors (Lipinski definition) is 10. The average Bonchev–Trinajstić information content (AvgIpc) is 3.20. The molecule has 2 rings (SSSR count). The van der Waals surface area contributed by atoms with E-state index in [1.807, 2.05) is 20.8 Å². The number of aliphatic hydroxyl groups is 1. The van der Waals surface area contributed by atoms with Crippen molar-refractivity contribution in [2.24, 2.45) is 17.8 Å². The van der Waals surface area contributed by atoms with Crippen molar-refractivity contribution < 1.29 is 48.1 Å². The molecule has 0 radical (unpaired) electrons. The van der Waals surface area contributed by atoms with Gasteiger partial charge in [0.15, 0.2) is 6.10 Å². The van der Waals surface area contributed by atoms with E-state index < -0.39 is 96.4 Å². The fourth-order valence-corrected chi connectivity index (χ4v) is 6.68. The number of rotatable bonds is 7. The summed E-state index contributed by atoms with van der Waals surface area (Å²) in [5.74, 6) is -5.97. The van der Waals surface area contributed by atoms with Gasteiger partial charge in [-0.15, -0.1) is 0 Å². The van der Waals surface area contributed by atoms with Crippen LogP contribution in [-0.4, -0.2) is 120 Å². The SMILES string of the molecule is C/C=C(\C)[C@H]1OC(=O)[C@@H](C)NC(=O)[C@H]([C@H](C)CC)NC(=O)CN(C)C(=O)[C@@H](Cc2ccc(Cl)cc2)N(C)C(=O)[C@H](C)NC(=O)[C@@H](CC(C)C)OC(=O)/C(C)=C\C[C@H](O)[C@@H]1C. The highest BCUT2D eigenvalue weighted by Crippen LogP contribution is 2.24. The molecule has 0 aromatic heterocycles. The van der Waals surface area contributed by atoms with Gasteiger partial charge in [0, 0.05) is 37.0 Å². The Morgan fingerprint density at radius 1 is 0.917 bits per heavy atom. The Balaban J connectivity index is 2.63. The van der Waals surface area contributed by atoms with Crippen LogP contribution in [0.15, 0.2) is 47.6 Å². The first-order chi connectivity index (χ1) is 28.0. The summed E-state index contributed by atoms with van der Waals surface area (Å²) in [6, 6.07) is 2.13. The maximum atomic E-state index is 14.2. The number of nitrogens with zero attached hydrogens (tertiary/aromatic N) is 2. The number of benzene rings is 1. The van der Waals surface area contributed by atoms with E-state index in [2.05, 4.69) is 16.0 Å². The highest BCUT2D eigenvalue weighted by atomic mass is 35.5. The largest absolute Gasteiger partial charge is 0.456 e. The van der Waals surface area contributed by atoms with E-state index in [9.17, 15) is 38.7 Å². The summed E-state index contributed by atoms with van der Waals surface area (Å²) in [7, 11) is 2.81. The van der Waals surface area contributed by atoms with Crippen LogP contribution in [0.2, 0.25) is 5.02 Å². The van der Waals surface area contributed by atoms with Crippen LogP contribution >= 0.6 is 11.6 Å². The Labute approximate surface area is 360 Å². The first-order valence-corrected chi connectivity index (χ1v) is 21.0. The first-order valence-electron chi connectivity index (χ1n) is 20.6. The second-order valence-corrected chi connectivity index (χ2v) is 16.8. The van der Waals surface area contributed by atoms with Crippen molar-refractivity contribution in [3.8, 4) is 0 Å². The van der Waals surface area contributed by atoms with Gasteiger partial charge in [-0.25, -0.2) is 9.59 Å². The van der Waals surface area contributed by atoms with Crippen LogP contribution in [0.3, 0.4) is 0 Å². The predicted molar refractivity (Wildman–Crippen MR) is 228 cm³/mol. The topological polar surface area (TPSA) is 201 Å². The number of likely N-dealkylation sites (N-methyl/N-ethyl adjacent to an activating group) is 2. The monoisotopic (exact) mass is 859 g/mol. The second kappa shape index (κ2) is 23.9. The number of carbonyl (C=O) groups excluding carboxylic acids is 7. The maximum absolute atomic E-state index is 14.2. The van der Waals surface area contributed by atoms with Gasteiger partial charge >= 0.3 is 11.9 Å². The molecule has 16 heteroatoms. The number of halogens is 1. The van der Waals surface area contributed by atoms with Crippen molar-refractivity contribution in [2.45, 2.75) is 137 Å². The fourth-order valence-electron chi connectivity index (χ4n) is 6.55. The van der Waals surface area contributed by atoms with Gasteiger partial charge in [-0.3, -0.25) is 24.0 Å². The summed E-state index contributed by atoms with van der Waals surface area (Å²) in [6.45, 7) is 16.4. The summed E-state index contributed by atoms with van der Waals surface area (Å²) in [6.07, 6.45) is 0.562. The molecule has 334 valence electrons. The minimum atomic E-state index is -1.28. The lowest BCUT2D eigenvalue weighted by molar-refractivity contribution is -0.155. The van der Waals surface area contributed by atoms with E-state index >= 15 is 0 Å². The summed E-state index contributed by atoms with van der Waals surface area (Å²) < 4.78 is 11.5. The van der Waals surface area contributed by atoms with Crippen LogP contribution in [0.25, 0.3) is 0 Å². The van der Waals surface area contributed by atoms with Crippen molar-refractivity contribution in [2.75, 3.05) is 20.6 Å². The molecule has 0 bridgehead atoms. The molecule has 4 N–H and O–H groups in total. The lowest BCUT2D eigenvalue weighted by atomic mass is 9.90. The van der Waals surface area contributed by atoms with Gasteiger partial charge in [-0.05, 0) is 82.6 Å². The van der Waals surface area contributed by atoms with E-state index in [4.69, 9.17) is 21.1 Å². The molecule has 1 aliphatic rings. The smallest absolute Gasteiger partial charge is 0.334 e. The van der Waals surface area contributed by atoms with Gasteiger partial charge < -0.3 is 40.3 Å². The zero-order valence-corrected chi connectivity index (χ0v) is 37.9. The number of carbonyl (C=O) groups is 7. The molecule has 0 saturated heterocycles. The van der Waals surface area contributed by atoms with Crippen LogP contribution < -0.4 is 16.0 Å². The molecule has 15 nitrogen and oxygen atoms in total. The minimum Gasteiger partial charge on any atom is -0.456 e. The lowest BCUT2D eigenvalue weighted by Gasteiger charge is -2.33. The van der Waals surface area contributed by atoms with Gasteiger partial charge in [0.1, 0.15) is 30.3 Å². The van der Waals surface area contributed by atoms with Gasteiger partial charge in [0.25, 0.3) is 5.91 Å². The third-order valence-electron chi connectivity index (χ3n) is 10.9. The normalized spacial score (nSPS) is 28.6. The molecule has 60 heavy (non-hydrogen) atoms. The summed E-state index contributed by atoms with van der Waals surface area (Å²) in [5.41, 5.74) is 1.42. The lowest BCUT2D eigenvalue weighted by Crippen LogP contribution is -2.57. The number of nitrogens with one attached hydrogen (secondary N) is 3. The number of allylic oxidation sites excluding steroid dienone is 1. The number of ether oxygens (including phenoxy) is 2. The Bertz CT molecular complexity index is 1750. The standard InChI is InChI=1S/C44H66ClN5O10/c1-13-25(5)37-40(54)47-30(10)44(58)60-38(26(6)14-2)28(8)34(51)20-15-27(7)43(57)59-35(21-24(3)4)39(53)46-29(9)41(55)50(12)33(22-31-16-18-32(45)19-17-31)42(56)49(11)23-36(52)48-37/h14-19,24-25,28-30,33-35,37-38,51H,13,20-23H2,1-12H3,(H,46,53)(H,47,54)(H,48,52)/b26-14+,27-15-/t25-,28+,29+,30-,33-,34+,35-,37+,38-/m1/s1. The molecule has 0 saturated carbocycles. The van der Waals surface area contributed by atoms with Gasteiger partial charge in [0.05, 0.1) is 12.6 Å². The molecule has 1 heterocycles. The summed E-state index contributed by atoms with van der Waals surface area (Å²) >= 11 is 6.11. The highest BCUT2D eigenvalue weighted by molar-refractivity contribution is 6.30. The quantitative estimate of drug-likeness (QED) is 0.230.